The minimum atomic E-state index is -0.0386. The molecular weight excluding hydrogens is 356 g/mol. The Morgan fingerprint density at radius 3 is 2.56 bits per heavy atom. The first-order valence-electron chi connectivity index (χ1n) is 9.06. The Labute approximate surface area is 164 Å². The SMILES string of the molecule is CCOc1ccc(N2C(=S)NC(c3ccccn3)C2c2ccc(C)[nH]2)cc1. The molecule has 0 radical (unpaired) electrons. The lowest BCUT2D eigenvalue weighted by Crippen LogP contribution is -2.29. The van der Waals surface area contributed by atoms with Crippen LogP contribution < -0.4 is 15.0 Å². The Morgan fingerprint density at radius 2 is 1.93 bits per heavy atom. The van der Waals surface area contributed by atoms with Crippen LogP contribution in [0.1, 0.15) is 36.1 Å². The molecule has 6 heteroatoms. The zero-order valence-electron chi connectivity index (χ0n) is 15.3. The molecule has 4 rings (SSSR count). The summed E-state index contributed by atoms with van der Waals surface area (Å²) in [6, 6.07) is 18.2. The molecule has 1 aliphatic heterocycles. The first-order chi connectivity index (χ1) is 13.2. The minimum Gasteiger partial charge on any atom is -0.494 e. The van der Waals surface area contributed by atoms with Crippen LogP contribution in [0.25, 0.3) is 0 Å². The number of hydrogen-bond acceptors (Lipinski definition) is 3. The normalized spacial score (nSPS) is 19.2. The standard InChI is InChI=1S/C21H22N4OS/c1-3-26-16-10-8-15(9-11-16)25-20(18-12-7-14(2)23-18)19(24-21(25)27)17-6-4-5-13-22-17/h4-13,19-20,23H,3H2,1-2H3,(H,24,27). The highest BCUT2D eigenvalue weighted by atomic mass is 32.1. The van der Waals surface area contributed by atoms with Crippen molar-refractivity contribution in [2.75, 3.05) is 11.5 Å². The van der Waals surface area contributed by atoms with Crippen molar-refractivity contribution in [3.8, 4) is 5.75 Å². The number of aromatic amines is 1. The maximum absolute atomic E-state index is 5.71. The Kier molecular flexibility index (Phi) is 4.81. The van der Waals surface area contributed by atoms with E-state index in [1.807, 2.05) is 55.6 Å². The number of nitrogens with one attached hydrogen (secondary N) is 2. The average Bonchev–Trinajstić information content (AvgIpc) is 3.26. The molecule has 1 saturated heterocycles. The lowest BCUT2D eigenvalue weighted by molar-refractivity contribution is 0.340. The Hall–Kier alpha value is -2.86. The van der Waals surface area contributed by atoms with Crippen LogP contribution in [0, 0.1) is 6.92 Å². The van der Waals surface area contributed by atoms with Gasteiger partial charge >= 0.3 is 0 Å². The summed E-state index contributed by atoms with van der Waals surface area (Å²) in [7, 11) is 0. The van der Waals surface area contributed by atoms with Crippen LogP contribution in [0.3, 0.4) is 0 Å². The maximum Gasteiger partial charge on any atom is 0.174 e. The van der Waals surface area contributed by atoms with Crippen LogP contribution in [-0.2, 0) is 0 Å². The van der Waals surface area contributed by atoms with Crippen molar-refractivity contribution >= 4 is 23.0 Å². The number of H-pyrrole nitrogens is 1. The van der Waals surface area contributed by atoms with Gasteiger partial charge in [0, 0.05) is 23.3 Å². The molecule has 0 amide bonds. The van der Waals surface area contributed by atoms with Gasteiger partial charge < -0.3 is 19.9 Å². The van der Waals surface area contributed by atoms with Gasteiger partial charge in [0.15, 0.2) is 5.11 Å². The van der Waals surface area contributed by atoms with Crippen molar-refractivity contribution in [1.29, 1.82) is 0 Å². The van der Waals surface area contributed by atoms with E-state index in [0.717, 1.165) is 28.5 Å². The third kappa shape index (κ3) is 3.40. The Balaban J connectivity index is 1.75. The fourth-order valence-electron chi connectivity index (χ4n) is 3.52. The Morgan fingerprint density at radius 1 is 1.11 bits per heavy atom. The monoisotopic (exact) mass is 378 g/mol. The molecular formula is C21H22N4OS. The lowest BCUT2D eigenvalue weighted by atomic mass is 10.0. The predicted octanol–water partition coefficient (Wildman–Crippen LogP) is 4.29. The highest BCUT2D eigenvalue weighted by Crippen LogP contribution is 2.41. The summed E-state index contributed by atoms with van der Waals surface area (Å²) >= 11 is 5.71. The zero-order chi connectivity index (χ0) is 18.8. The molecule has 0 saturated carbocycles. The van der Waals surface area contributed by atoms with Gasteiger partial charge in [-0.25, -0.2) is 0 Å². The quantitative estimate of drug-likeness (QED) is 0.649. The summed E-state index contributed by atoms with van der Waals surface area (Å²) in [5.41, 5.74) is 4.20. The van der Waals surface area contributed by atoms with E-state index in [1.54, 1.807) is 0 Å². The van der Waals surface area contributed by atoms with Crippen LogP contribution in [-0.4, -0.2) is 21.7 Å². The van der Waals surface area contributed by atoms with Crippen molar-refractivity contribution in [1.82, 2.24) is 15.3 Å². The van der Waals surface area contributed by atoms with Gasteiger partial charge in [-0.15, -0.1) is 0 Å². The number of anilines is 1. The summed E-state index contributed by atoms with van der Waals surface area (Å²) in [4.78, 5) is 10.2. The van der Waals surface area contributed by atoms with E-state index >= 15 is 0 Å². The molecule has 2 atom stereocenters. The highest BCUT2D eigenvalue weighted by molar-refractivity contribution is 7.80. The van der Waals surface area contributed by atoms with Crippen LogP contribution in [0.2, 0.25) is 0 Å². The van der Waals surface area contributed by atoms with E-state index in [1.165, 1.54) is 0 Å². The number of ether oxygens (including phenoxy) is 1. The number of thiocarbonyl (C=S) groups is 1. The molecule has 2 N–H and O–H groups in total. The Bertz CT molecular complexity index is 923. The zero-order valence-corrected chi connectivity index (χ0v) is 16.2. The maximum atomic E-state index is 5.71. The van der Waals surface area contributed by atoms with Crippen LogP contribution in [0.5, 0.6) is 5.75 Å². The molecule has 1 aliphatic rings. The van der Waals surface area contributed by atoms with E-state index in [9.17, 15) is 0 Å². The lowest BCUT2D eigenvalue weighted by Gasteiger charge is -2.27. The van der Waals surface area contributed by atoms with E-state index < -0.39 is 0 Å². The van der Waals surface area contributed by atoms with E-state index in [2.05, 4.69) is 39.2 Å². The van der Waals surface area contributed by atoms with Gasteiger partial charge in [0.1, 0.15) is 11.8 Å². The fraction of sp³-hybridized carbons (Fsp3) is 0.238. The summed E-state index contributed by atoms with van der Waals surface area (Å²) in [5, 5.41) is 4.15. The van der Waals surface area contributed by atoms with Crippen molar-refractivity contribution in [2.24, 2.45) is 0 Å². The minimum absolute atomic E-state index is 0.0148. The summed E-state index contributed by atoms with van der Waals surface area (Å²) < 4.78 is 5.57. The predicted molar refractivity (Wildman–Crippen MR) is 111 cm³/mol. The largest absolute Gasteiger partial charge is 0.494 e. The van der Waals surface area contributed by atoms with Gasteiger partial charge in [0.25, 0.3) is 0 Å². The van der Waals surface area contributed by atoms with Crippen LogP contribution in [0.4, 0.5) is 5.69 Å². The second-order valence-corrected chi connectivity index (χ2v) is 6.91. The summed E-state index contributed by atoms with van der Waals surface area (Å²) in [6.07, 6.45) is 1.82. The first kappa shape index (κ1) is 17.5. The van der Waals surface area contributed by atoms with Gasteiger partial charge in [-0.05, 0) is 74.6 Å². The number of rotatable bonds is 5. The van der Waals surface area contributed by atoms with Crippen molar-refractivity contribution in [3.63, 3.8) is 0 Å². The molecule has 1 aromatic carbocycles. The summed E-state index contributed by atoms with van der Waals surface area (Å²) in [6.45, 7) is 4.69. The fourth-order valence-corrected chi connectivity index (χ4v) is 3.86. The molecule has 1 fully saturated rings. The molecule has 138 valence electrons. The second kappa shape index (κ2) is 7.40. The van der Waals surface area contributed by atoms with E-state index in [4.69, 9.17) is 17.0 Å². The average molecular weight is 379 g/mol. The number of pyridine rings is 1. The van der Waals surface area contributed by atoms with Crippen LogP contribution >= 0.6 is 12.2 Å². The molecule has 0 aliphatic carbocycles. The van der Waals surface area contributed by atoms with Crippen molar-refractivity contribution in [2.45, 2.75) is 25.9 Å². The molecule has 0 spiro atoms. The molecule has 0 bridgehead atoms. The third-order valence-electron chi connectivity index (χ3n) is 4.70. The molecule has 5 nitrogen and oxygen atoms in total. The van der Waals surface area contributed by atoms with Gasteiger partial charge in [-0.3, -0.25) is 4.98 Å². The molecule has 2 unspecified atom stereocenters. The van der Waals surface area contributed by atoms with Gasteiger partial charge in [-0.1, -0.05) is 6.07 Å². The van der Waals surface area contributed by atoms with E-state index in [-0.39, 0.29) is 12.1 Å². The topological polar surface area (TPSA) is 53.2 Å². The van der Waals surface area contributed by atoms with Crippen molar-refractivity contribution < 1.29 is 4.74 Å². The first-order valence-corrected chi connectivity index (χ1v) is 9.47. The molecule has 3 aromatic rings. The second-order valence-electron chi connectivity index (χ2n) is 6.52. The van der Waals surface area contributed by atoms with Crippen LogP contribution in [0.15, 0.2) is 60.8 Å². The number of aryl methyl sites for hydroxylation is 1. The van der Waals surface area contributed by atoms with Gasteiger partial charge in [0.05, 0.1) is 18.3 Å². The summed E-state index contributed by atoms with van der Waals surface area (Å²) in [5.74, 6) is 0.855. The number of hydrogen-bond donors (Lipinski definition) is 2. The highest BCUT2D eigenvalue weighted by Gasteiger charge is 2.41. The van der Waals surface area contributed by atoms with Gasteiger partial charge in [-0.2, -0.15) is 0 Å². The molecule has 27 heavy (non-hydrogen) atoms. The molecule has 3 heterocycles. The molecule has 2 aromatic heterocycles. The van der Waals surface area contributed by atoms with Crippen molar-refractivity contribution in [3.05, 3.63) is 77.9 Å². The smallest absolute Gasteiger partial charge is 0.174 e. The van der Waals surface area contributed by atoms with E-state index in [0.29, 0.717) is 11.7 Å². The third-order valence-corrected chi connectivity index (χ3v) is 5.01. The number of aromatic nitrogens is 2. The number of nitrogens with zero attached hydrogens (tertiary/aromatic N) is 2. The number of benzene rings is 1. The van der Waals surface area contributed by atoms with Gasteiger partial charge in [0.2, 0.25) is 0 Å².